The van der Waals surface area contributed by atoms with Crippen molar-refractivity contribution in [1.82, 2.24) is 5.32 Å². The molecule has 294 valence electrons. The maximum atomic E-state index is 6.17. The third-order valence-corrected chi connectivity index (χ3v) is 11.9. The number of benzene rings is 1. The van der Waals surface area contributed by atoms with E-state index in [9.17, 15) is 0 Å². The molecule has 4 aliphatic rings. The van der Waals surface area contributed by atoms with Crippen molar-refractivity contribution < 1.29 is 4.74 Å². The Hall–Kier alpha value is -4.66. The molecule has 7 atom stereocenters. The summed E-state index contributed by atoms with van der Waals surface area (Å²) in [7, 11) is 0. The normalized spacial score (nSPS) is 28.1. The molecule has 0 radical (unpaired) electrons. The molecule has 2 nitrogen and oxygen atoms in total. The van der Waals surface area contributed by atoms with E-state index >= 15 is 0 Å². The Bertz CT molecular complexity index is 1920. The maximum absolute atomic E-state index is 6.17. The van der Waals surface area contributed by atoms with Crippen LogP contribution in [-0.2, 0) is 4.74 Å². The Balaban J connectivity index is 1.41. The minimum atomic E-state index is 0.113. The van der Waals surface area contributed by atoms with Crippen molar-refractivity contribution in [3.63, 3.8) is 0 Å². The number of fused-ring (bicyclic) bond motifs is 3. The molecule has 3 aliphatic carbocycles. The molecule has 0 bridgehead atoms. The summed E-state index contributed by atoms with van der Waals surface area (Å²) >= 11 is 0. The fraction of sp³-hybridized carbons (Fsp3) is 0.370. The van der Waals surface area contributed by atoms with Gasteiger partial charge in [0.15, 0.2) is 0 Å². The van der Waals surface area contributed by atoms with Crippen LogP contribution >= 0.6 is 0 Å². The highest BCUT2D eigenvalue weighted by Gasteiger charge is 2.34. The van der Waals surface area contributed by atoms with Gasteiger partial charge in [-0.3, -0.25) is 0 Å². The minimum Gasteiger partial charge on any atom is -0.382 e. The number of hydrogen-bond acceptors (Lipinski definition) is 2. The highest BCUT2D eigenvalue weighted by atomic mass is 16.5. The molecule has 56 heavy (non-hydrogen) atoms. The Morgan fingerprint density at radius 2 is 1.80 bits per heavy atom. The quantitative estimate of drug-likeness (QED) is 0.151. The third kappa shape index (κ3) is 11.2. The van der Waals surface area contributed by atoms with Crippen molar-refractivity contribution >= 4 is 5.57 Å². The zero-order valence-electron chi connectivity index (χ0n) is 35.3. The molecule has 1 aromatic carbocycles. The smallest absolute Gasteiger partial charge is 0.0831 e. The van der Waals surface area contributed by atoms with Gasteiger partial charge < -0.3 is 10.1 Å². The van der Waals surface area contributed by atoms with Crippen LogP contribution in [0.2, 0.25) is 0 Å². The number of hydrogen-bond donors (Lipinski definition) is 1. The van der Waals surface area contributed by atoms with Gasteiger partial charge in [0.2, 0.25) is 0 Å². The molecular weight excluding hydrogens is 679 g/mol. The first kappa shape index (κ1) is 42.5. The molecule has 5 rings (SSSR count). The molecule has 1 heterocycles. The van der Waals surface area contributed by atoms with Gasteiger partial charge in [0.25, 0.3) is 0 Å². The topological polar surface area (TPSA) is 21.3 Å². The number of nitrogens with one attached hydrogen (secondary N) is 1. The van der Waals surface area contributed by atoms with E-state index in [0.29, 0.717) is 36.2 Å². The van der Waals surface area contributed by atoms with Crippen molar-refractivity contribution in [3.8, 4) is 0 Å². The summed E-state index contributed by atoms with van der Waals surface area (Å²) in [6.07, 6.45) is 49.2. The number of ether oxygens (including phenoxy) is 1. The van der Waals surface area contributed by atoms with Crippen LogP contribution in [0.3, 0.4) is 0 Å². The standard InChI is InChI=1S/C54H67NO/c1-9-12-13-23-40(5)41(6)37-45(24-20-34-55-46-25-21-35-56-54-31-19-18-26-48(54)42(7)38-46)44(22-10-2)33-32-39(4)36-53-43(8)47(11-3)49-27-14-15-28-50(49)51-29-16-17-30-52(51)53/h9-10,12-15,17-28,30-31,33,36-38,41-43,47-48,53-55H,5,11,16,29,32,34-35H2,1-4,6-8H3/b12-9-,22-10-,23-13-,24-20-,25-21-,39-36+,44-33+,45-37+,46-38+. The first-order valence-corrected chi connectivity index (χ1v) is 21.2. The van der Waals surface area contributed by atoms with Gasteiger partial charge in [-0.25, -0.2) is 0 Å². The SMILES string of the molecule is C=C(/C=C\C=C/C)C(C)/C=C(\C=C/CNC1=C/C(C)C2C=CC=CC2OC/C=C\1)C(/C=C\C)=C/C/C(C)=C/C1C2=C(CCC=C2)c2ccccc2C(CC)C1C. The molecule has 2 heteroatoms. The lowest BCUT2D eigenvalue weighted by atomic mass is 9.75. The maximum Gasteiger partial charge on any atom is 0.0831 e. The first-order chi connectivity index (χ1) is 27.2. The van der Waals surface area contributed by atoms with Gasteiger partial charge in [0.05, 0.1) is 12.7 Å². The molecule has 0 saturated heterocycles. The molecule has 0 saturated carbocycles. The predicted octanol–water partition coefficient (Wildman–Crippen LogP) is 14.0. The molecule has 0 aromatic heterocycles. The van der Waals surface area contributed by atoms with Crippen LogP contribution in [0.5, 0.6) is 0 Å². The monoisotopic (exact) mass is 746 g/mol. The second-order valence-electron chi connectivity index (χ2n) is 15.9. The number of allylic oxidation sites excluding steroid dienone is 22. The summed E-state index contributed by atoms with van der Waals surface area (Å²) in [5.41, 5.74) is 12.2. The molecule has 0 spiro atoms. The summed E-state index contributed by atoms with van der Waals surface area (Å²) < 4.78 is 6.17. The van der Waals surface area contributed by atoms with E-state index in [4.69, 9.17) is 4.74 Å². The summed E-state index contributed by atoms with van der Waals surface area (Å²) in [6, 6.07) is 9.22. The van der Waals surface area contributed by atoms with Gasteiger partial charge in [-0.05, 0) is 115 Å². The van der Waals surface area contributed by atoms with E-state index in [2.05, 4.69) is 193 Å². The van der Waals surface area contributed by atoms with E-state index < -0.39 is 0 Å². The zero-order valence-corrected chi connectivity index (χ0v) is 35.3. The molecule has 0 fully saturated rings. The summed E-state index contributed by atoms with van der Waals surface area (Å²) in [4.78, 5) is 0. The van der Waals surface area contributed by atoms with Crippen LogP contribution in [0.4, 0.5) is 0 Å². The number of rotatable bonds is 14. The van der Waals surface area contributed by atoms with Gasteiger partial charge in [0, 0.05) is 24.1 Å². The van der Waals surface area contributed by atoms with Crippen molar-refractivity contribution in [1.29, 1.82) is 0 Å². The Morgan fingerprint density at radius 3 is 2.61 bits per heavy atom. The molecule has 0 amide bonds. The van der Waals surface area contributed by atoms with Gasteiger partial charge >= 0.3 is 0 Å². The van der Waals surface area contributed by atoms with Crippen LogP contribution in [0.15, 0.2) is 186 Å². The third-order valence-electron chi connectivity index (χ3n) is 11.9. The summed E-state index contributed by atoms with van der Waals surface area (Å²) in [5.74, 6) is 2.28. The lowest BCUT2D eigenvalue weighted by Crippen LogP contribution is -2.27. The van der Waals surface area contributed by atoms with Crippen molar-refractivity contribution in [3.05, 3.63) is 197 Å². The van der Waals surface area contributed by atoms with Gasteiger partial charge in [-0.15, -0.1) is 0 Å². The van der Waals surface area contributed by atoms with Crippen molar-refractivity contribution in [2.24, 2.45) is 29.6 Å². The van der Waals surface area contributed by atoms with Gasteiger partial charge in [-0.1, -0.05) is 180 Å². The van der Waals surface area contributed by atoms with E-state index in [1.807, 2.05) is 13.0 Å². The van der Waals surface area contributed by atoms with E-state index in [0.717, 1.165) is 43.5 Å². The lowest BCUT2D eigenvalue weighted by Gasteiger charge is -2.29. The fourth-order valence-corrected chi connectivity index (χ4v) is 8.72. The molecule has 1 N–H and O–H groups in total. The van der Waals surface area contributed by atoms with E-state index in [1.165, 1.54) is 33.4 Å². The summed E-state index contributed by atoms with van der Waals surface area (Å²) in [5, 5.41) is 3.69. The fourth-order valence-electron chi connectivity index (χ4n) is 8.72. The second-order valence-corrected chi connectivity index (χ2v) is 15.9. The second kappa shape index (κ2) is 21.6. The van der Waals surface area contributed by atoms with Crippen LogP contribution in [-0.4, -0.2) is 19.3 Å². The van der Waals surface area contributed by atoms with Crippen molar-refractivity contribution in [2.75, 3.05) is 13.2 Å². The van der Waals surface area contributed by atoms with Crippen molar-refractivity contribution in [2.45, 2.75) is 86.2 Å². The van der Waals surface area contributed by atoms with Crippen LogP contribution in [0.1, 0.15) is 91.2 Å². The molecule has 1 aromatic rings. The highest BCUT2D eigenvalue weighted by Crippen LogP contribution is 2.48. The average molecular weight is 746 g/mol. The van der Waals surface area contributed by atoms with E-state index in [1.54, 1.807) is 5.57 Å². The average Bonchev–Trinajstić information content (AvgIpc) is 3.24. The molecule has 1 aliphatic heterocycles. The zero-order chi connectivity index (χ0) is 39.9. The van der Waals surface area contributed by atoms with Crippen LogP contribution in [0.25, 0.3) is 5.57 Å². The minimum absolute atomic E-state index is 0.113. The highest BCUT2D eigenvalue weighted by molar-refractivity contribution is 5.76. The first-order valence-electron chi connectivity index (χ1n) is 21.2. The Labute approximate surface area is 340 Å². The lowest BCUT2D eigenvalue weighted by molar-refractivity contribution is 0.0674. The molecular formula is C54H67NO. The van der Waals surface area contributed by atoms with Gasteiger partial charge in [0.1, 0.15) is 0 Å². The predicted molar refractivity (Wildman–Crippen MR) is 244 cm³/mol. The molecule has 7 unspecified atom stereocenters. The Morgan fingerprint density at radius 1 is 0.982 bits per heavy atom. The summed E-state index contributed by atoms with van der Waals surface area (Å²) in [6.45, 7) is 21.6. The van der Waals surface area contributed by atoms with E-state index in [-0.39, 0.29) is 12.0 Å². The largest absolute Gasteiger partial charge is 0.382 e. The van der Waals surface area contributed by atoms with Gasteiger partial charge in [-0.2, -0.15) is 0 Å². The van der Waals surface area contributed by atoms with Crippen LogP contribution in [0, 0.1) is 29.6 Å². The Kier molecular flexibility index (Phi) is 16.4. The van der Waals surface area contributed by atoms with Crippen LogP contribution < -0.4 is 5.32 Å².